The number of piperidine rings is 1. The van der Waals surface area contributed by atoms with Crippen LogP contribution in [0.3, 0.4) is 0 Å². The molecule has 28 heavy (non-hydrogen) atoms. The van der Waals surface area contributed by atoms with Crippen molar-refractivity contribution in [1.82, 2.24) is 15.0 Å². The number of hydrogen-bond donors (Lipinski definition) is 0. The third-order valence-corrected chi connectivity index (χ3v) is 6.56. The molecule has 5 rings (SSSR count). The summed E-state index contributed by atoms with van der Waals surface area (Å²) < 4.78 is 5.38. The van der Waals surface area contributed by atoms with Crippen molar-refractivity contribution >= 4 is 11.8 Å². The maximum Gasteiger partial charge on any atom is 0.276 e. The molecule has 2 unspecified atom stereocenters. The zero-order valence-corrected chi connectivity index (χ0v) is 16.1. The average Bonchev–Trinajstić information content (AvgIpc) is 3.40. The van der Waals surface area contributed by atoms with Gasteiger partial charge in [-0.2, -0.15) is 0 Å². The Morgan fingerprint density at radius 3 is 2.39 bits per heavy atom. The lowest BCUT2D eigenvalue weighted by molar-refractivity contribution is 0.0400. The summed E-state index contributed by atoms with van der Waals surface area (Å²) in [6, 6.07) is 11.7. The van der Waals surface area contributed by atoms with Crippen LogP contribution in [0.5, 0.6) is 0 Å². The normalized spacial score (nSPS) is 26.3. The van der Waals surface area contributed by atoms with Crippen LogP contribution in [0.15, 0.2) is 40.9 Å². The highest BCUT2D eigenvalue weighted by Gasteiger charge is 2.46. The largest absolute Gasteiger partial charge is 0.360 e. The van der Waals surface area contributed by atoms with Gasteiger partial charge in [0.2, 0.25) is 0 Å². The monoisotopic (exact) mass is 379 g/mol. The molecule has 3 fully saturated rings. The minimum absolute atomic E-state index is 0.0151. The average molecular weight is 379 g/mol. The summed E-state index contributed by atoms with van der Waals surface area (Å²) in [5.41, 5.74) is 1.15. The molecule has 2 bridgehead atoms. The number of hydrogen-bond acceptors (Lipinski definition) is 4. The van der Waals surface area contributed by atoms with Crippen molar-refractivity contribution in [2.45, 2.75) is 62.6 Å². The second-order valence-corrected chi connectivity index (χ2v) is 8.39. The first-order valence-electron chi connectivity index (χ1n) is 10.2. The van der Waals surface area contributed by atoms with Gasteiger partial charge in [-0.1, -0.05) is 23.4 Å². The van der Waals surface area contributed by atoms with Gasteiger partial charge in [0.25, 0.3) is 11.8 Å². The molecule has 0 N–H and O–H groups in total. The molecule has 1 aromatic heterocycles. The number of rotatable bonds is 4. The van der Waals surface area contributed by atoms with Gasteiger partial charge < -0.3 is 14.3 Å². The predicted octanol–water partition coefficient (Wildman–Crippen LogP) is 3.46. The zero-order valence-electron chi connectivity index (χ0n) is 16.1. The zero-order chi connectivity index (χ0) is 19.3. The third kappa shape index (κ3) is 3.01. The van der Waals surface area contributed by atoms with Gasteiger partial charge in [-0.3, -0.25) is 9.59 Å². The van der Waals surface area contributed by atoms with Crippen LogP contribution in [0, 0.1) is 0 Å². The molecule has 0 radical (unpaired) electrons. The molecule has 2 atom stereocenters. The van der Waals surface area contributed by atoms with E-state index in [0.717, 1.165) is 44.3 Å². The SMILES string of the molecule is CN(C(=O)c1ccccc1)C1CC2CCC(C1)N2C(=O)c1cc(C2CC2)on1. The molecule has 2 amide bonds. The minimum atomic E-state index is -0.0151. The smallest absolute Gasteiger partial charge is 0.276 e. The van der Waals surface area contributed by atoms with E-state index in [1.165, 1.54) is 0 Å². The summed E-state index contributed by atoms with van der Waals surface area (Å²) in [4.78, 5) is 29.8. The van der Waals surface area contributed by atoms with Gasteiger partial charge in [-0.25, -0.2) is 0 Å². The molecule has 6 heteroatoms. The van der Waals surface area contributed by atoms with Gasteiger partial charge in [0, 0.05) is 42.7 Å². The standard InChI is InChI=1S/C22H25N3O3/c1-24(21(26)15-5-3-2-4-6-15)18-11-16-9-10-17(12-18)25(16)22(27)19-13-20(28-23-19)14-7-8-14/h2-6,13-14,16-18H,7-12H2,1H3. The minimum Gasteiger partial charge on any atom is -0.360 e. The lowest BCUT2D eigenvalue weighted by Gasteiger charge is -2.42. The summed E-state index contributed by atoms with van der Waals surface area (Å²) in [6.45, 7) is 0. The van der Waals surface area contributed by atoms with Crippen LogP contribution in [0.25, 0.3) is 0 Å². The van der Waals surface area contributed by atoms with Gasteiger partial charge in [-0.15, -0.1) is 0 Å². The van der Waals surface area contributed by atoms with E-state index in [1.807, 2.05) is 53.2 Å². The fourth-order valence-electron chi connectivity index (χ4n) is 4.83. The number of fused-ring (bicyclic) bond motifs is 2. The Hall–Kier alpha value is -2.63. The summed E-state index contributed by atoms with van der Waals surface area (Å²) in [6.07, 6.45) is 5.89. The Labute approximate surface area is 164 Å². The summed E-state index contributed by atoms with van der Waals surface area (Å²) in [5.74, 6) is 1.34. The van der Waals surface area contributed by atoms with E-state index < -0.39 is 0 Å². The summed E-state index contributed by atoms with van der Waals surface area (Å²) >= 11 is 0. The molecular weight excluding hydrogens is 354 g/mol. The number of nitrogens with zero attached hydrogens (tertiary/aromatic N) is 3. The molecule has 3 aliphatic rings. The molecule has 146 valence electrons. The highest BCUT2D eigenvalue weighted by molar-refractivity contribution is 5.94. The molecule has 2 aliphatic heterocycles. The molecule has 0 spiro atoms. The first-order valence-corrected chi connectivity index (χ1v) is 10.2. The number of carbonyl (C=O) groups is 2. The van der Waals surface area contributed by atoms with Crippen LogP contribution in [0.1, 0.15) is 71.0 Å². The van der Waals surface area contributed by atoms with Gasteiger partial charge in [0.1, 0.15) is 5.76 Å². The van der Waals surface area contributed by atoms with E-state index >= 15 is 0 Å². The van der Waals surface area contributed by atoms with Crippen LogP contribution >= 0.6 is 0 Å². The Morgan fingerprint density at radius 2 is 1.75 bits per heavy atom. The Balaban J connectivity index is 1.29. The van der Waals surface area contributed by atoms with Crippen molar-refractivity contribution in [2.75, 3.05) is 7.05 Å². The second kappa shape index (κ2) is 6.76. The van der Waals surface area contributed by atoms with Crippen LogP contribution < -0.4 is 0 Å². The van der Waals surface area contributed by atoms with E-state index in [9.17, 15) is 9.59 Å². The van der Waals surface area contributed by atoms with Crippen molar-refractivity contribution in [3.05, 3.63) is 53.4 Å². The Morgan fingerprint density at radius 1 is 1.07 bits per heavy atom. The summed E-state index contributed by atoms with van der Waals surface area (Å²) in [5, 5.41) is 4.04. The molecule has 2 aromatic rings. The quantitative estimate of drug-likeness (QED) is 0.816. The molecule has 1 aliphatic carbocycles. The van der Waals surface area contributed by atoms with Crippen LogP contribution in [0.2, 0.25) is 0 Å². The molecular formula is C22H25N3O3. The van der Waals surface area contributed by atoms with Gasteiger partial charge in [0.05, 0.1) is 0 Å². The van der Waals surface area contributed by atoms with E-state index in [-0.39, 0.29) is 29.9 Å². The van der Waals surface area contributed by atoms with Gasteiger partial charge in [-0.05, 0) is 50.7 Å². The molecule has 2 saturated heterocycles. The highest BCUT2D eigenvalue weighted by atomic mass is 16.5. The van der Waals surface area contributed by atoms with Crippen molar-refractivity contribution in [2.24, 2.45) is 0 Å². The third-order valence-electron chi connectivity index (χ3n) is 6.56. The lowest BCUT2D eigenvalue weighted by Crippen LogP contribution is -2.52. The van der Waals surface area contributed by atoms with E-state index in [0.29, 0.717) is 17.2 Å². The second-order valence-electron chi connectivity index (χ2n) is 8.39. The number of aromatic nitrogens is 1. The molecule has 3 heterocycles. The van der Waals surface area contributed by atoms with Crippen molar-refractivity contribution in [1.29, 1.82) is 0 Å². The lowest BCUT2D eigenvalue weighted by atomic mass is 9.95. The molecule has 6 nitrogen and oxygen atoms in total. The number of carbonyl (C=O) groups excluding carboxylic acids is 2. The fourth-order valence-corrected chi connectivity index (χ4v) is 4.83. The Bertz CT molecular complexity index is 875. The Kier molecular flexibility index (Phi) is 4.22. The van der Waals surface area contributed by atoms with Crippen LogP contribution in [-0.2, 0) is 0 Å². The van der Waals surface area contributed by atoms with Crippen molar-refractivity contribution in [3.8, 4) is 0 Å². The van der Waals surface area contributed by atoms with Gasteiger partial charge >= 0.3 is 0 Å². The van der Waals surface area contributed by atoms with E-state index in [1.54, 1.807) is 0 Å². The number of amides is 2. The highest BCUT2D eigenvalue weighted by Crippen LogP contribution is 2.41. The topological polar surface area (TPSA) is 66.7 Å². The molecule has 1 aromatic carbocycles. The van der Waals surface area contributed by atoms with E-state index in [4.69, 9.17) is 4.52 Å². The van der Waals surface area contributed by atoms with Crippen molar-refractivity contribution < 1.29 is 14.1 Å². The number of benzene rings is 1. The maximum absolute atomic E-state index is 13.1. The van der Waals surface area contributed by atoms with Crippen LogP contribution in [0.4, 0.5) is 0 Å². The predicted molar refractivity (Wildman–Crippen MR) is 103 cm³/mol. The fraction of sp³-hybridized carbons (Fsp3) is 0.500. The maximum atomic E-state index is 13.1. The molecule has 1 saturated carbocycles. The first kappa shape index (κ1) is 17.5. The van der Waals surface area contributed by atoms with Crippen molar-refractivity contribution in [3.63, 3.8) is 0 Å². The van der Waals surface area contributed by atoms with E-state index in [2.05, 4.69) is 5.16 Å². The van der Waals surface area contributed by atoms with Gasteiger partial charge in [0.15, 0.2) is 5.69 Å². The van der Waals surface area contributed by atoms with Crippen LogP contribution in [-0.4, -0.2) is 51.9 Å². The first-order chi connectivity index (χ1) is 13.6. The summed E-state index contributed by atoms with van der Waals surface area (Å²) in [7, 11) is 1.89.